The molecule has 0 saturated carbocycles. The van der Waals surface area contributed by atoms with Crippen LogP contribution in [0.25, 0.3) is 0 Å². The Morgan fingerprint density at radius 2 is 2.43 bits per heavy atom. The smallest absolute Gasteiger partial charge is 0.304 e. The summed E-state index contributed by atoms with van der Waals surface area (Å²) in [4.78, 5) is 14.6. The summed E-state index contributed by atoms with van der Waals surface area (Å²) in [5, 5.41) is 9.46. The Kier molecular flexibility index (Phi) is 4.41. The lowest BCUT2D eigenvalue weighted by Crippen LogP contribution is -2.05. The first kappa shape index (κ1) is 11.5. The molecule has 5 heteroatoms. The lowest BCUT2D eigenvalue weighted by Gasteiger charge is -2.06. The number of pyridine rings is 1. The van der Waals surface area contributed by atoms with E-state index in [9.17, 15) is 4.79 Å². The molecule has 0 aliphatic rings. The minimum atomic E-state index is -0.776. The normalized spacial score (nSPS) is 12.4. The van der Waals surface area contributed by atoms with Crippen LogP contribution in [-0.4, -0.2) is 21.3 Å². The van der Waals surface area contributed by atoms with Gasteiger partial charge in [-0.15, -0.1) is 11.8 Å². The van der Waals surface area contributed by atoms with E-state index < -0.39 is 5.97 Å². The molecular formula is C9H10BrNO2S. The quantitative estimate of drug-likeness (QED) is 0.859. The molecule has 3 nitrogen and oxygen atoms in total. The van der Waals surface area contributed by atoms with Gasteiger partial charge in [0, 0.05) is 15.9 Å². The van der Waals surface area contributed by atoms with Crippen molar-refractivity contribution < 1.29 is 9.90 Å². The fourth-order valence-electron chi connectivity index (χ4n) is 0.926. The number of thioether (sulfide) groups is 1. The van der Waals surface area contributed by atoms with Crippen LogP contribution in [0, 0.1) is 0 Å². The van der Waals surface area contributed by atoms with Gasteiger partial charge in [-0.1, -0.05) is 6.92 Å². The van der Waals surface area contributed by atoms with Gasteiger partial charge in [-0.25, -0.2) is 4.98 Å². The number of hydrogen-bond donors (Lipinski definition) is 1. The van der Waals surface area contributed by atoms with Gasteiger partial charge in [0.2, 0.25) is 0 Å². The zero-order chi connectivity index (χ0) is 10.6. The van der Waals surface area contributed by atoms with Gasteiger partial charge in [0.1, 0.15) is 0 Å². The molecule has 0 saturated heterocycles. The van der Waals surface area contributed by atoms with Gasteiger partial charge in [-0.05, 0) is 28.1 Å². The fraction of sp³-hybridized carbons (Fsp3) is 0.333. The van der Waals surface area contributed by atoms with Crippen LogP contribution in [0.5, 0.6) is 0 Å². The zero-order valence-corrected chi connectivity index (χ0v) is 10.0. The Morgan fingerprint density at radius 1 is 1.71 bits per heavy atom. The molecule has 1 aromatic heterocycles. The SMILES string of the molecule is CC(CC(=O)O)Sc1ccc(Br)cn1. The highest BCUT2D eigenvalue weighted by atomic mass is 79.9. The number of hydrogen-bond acceptors (Lipinski definition) is 3. The second kappa shape index (κ2) is 5.36. The van der Waals surface area contributed by atoms with E-state index in [1.807, 2.05) is 19.1 Å². The van der Waals surface area contributed by atoms with Crippen LogP contribution < -0.4 is 0 Å². The molecule has 76 valence electrons. The van der Waals surface area contributed by atoms with E-state index in [0.29, 0.717) is 0 Å². The van der Waals surface area contributed by atoms with Crippen LogP contribution in [0.3, 0.4) is 0 Å². The average Bonchev–Trinajstić information content (AvgIpc) is 2.07. The lowest BCUT2D eigenvalue weighted by molar-refractivity contribution is -0.136. The van der Waals surface area contributed by atoms with E-state index in [0.717, 1.165) is 9.50 Å². The van der Waals surface area contributed by atoms with Crippen molar-refractivity contribution >= 4 is 33.7 Å². The Balaban J connectivity index is 2.51. The van der Waals surface area contributed by atoms with Gasteiger partial charge in [0.15, 0.2) is 0 Å². The molecule has 1 N–H and O–H groups in total. The third-order valence-electron chi connectivity index (χ3n) is 1.48. The van der Waals surface area contributed by atoms with Crippen molar-refractivity contribution in [2.75, 3.05) is 0 Å². The van der Waals surface area contributed by atoms with Gasteiger partial charge < -0.3 is 5.11 Å². The third kappa shape index (κ3) is 4.11. The van der Waals surface area contributed by atoms with Crippen molar-refractivity contribution in [1.29, 1.82) is 0 Å². The van der Waals surface area contributed by atoms with Crippen molar-refractivity contribution in [2.24, 2.45) is 0 Å². The van der Waals surface area contributed by atoms with E-state index in [1.54, 1.807) is 6.20 Å². The van der Waals surface area contributed by atoms with Gasteiger partial charge >= 0.3 is 5.97 Å². The minimum absolute atomic E-state index is 0.0428. The largest absolute Gasteiger partial charge is 0.481 e. The molecule has 1 unspecified atom stereocenters. The predicted molar refractivity (Wildman–Crippen MR) is 59.5 cm³/mol. The number of aliphatic carboxylic acids is 1. The minimum Gasteiger partial charge on any atom is -0.481 e. The number of nitrogens with zero attached hydrogens (tertiary/aromatic N) is 1. The molecule has 1 aromatic rings. The molecule has 0 aliphatic carbocycles. The van der Waals surface area contributed by atoms with Crippen LogP contribution >= 0.6 is 27.7 Å². The van der Waals surface area contributed by atoms with Crippen molar-refractivity contribution in [2.45, 2.75) is 23.6 Å². The van der Waals surface area contributed by atoms with Crippen molar-refractivity contribution in [3.05, 3.63) is 22.8 Å². The second-order valence-electron chi connectivity index (χ2n) is 2.84. The Bertz CT molecular complexity index is 315. The molecule has 0 spiro atoms. The topological polar surface area (TPSA) is 50.2 Å². The van der Waals surface area contributed by atoms with Crippen molar-refractivity contribution in [3.63, 3.8) is 0 Å². The number of carboxylic acid groups (broad SMARTS) is 1. The maximum absolute atomic E-state index is 10.4. The zero-order valence-electron chi connectivity index (χ0n) is 7.61. The summed E-state index contributed by atoms with van der Waals surface area (Å²) in [7, 11) is 0. The number of carboxylic acids is 1. The highest BCUT2D eigenvalue weighted by Crippen LogP contribution is 2.23. The summed E-state index contributed by atoms with van der Waals surface area (Å²) in [6.45, 7) is 1.88. The summed E-state index contributed by atoms with van der Waals surface area (Å²) in [6.07, 6.45) is 1.86. The third-order valence-corrected chi connectivity index (χ3v) is 3.01. The number of rotatable bonds is 4. The van der Waals surface area contributed by atoms with Gasteiger partial charge in [0.25, 0.3) is 0 Å². The first-order chi connectivity index (χ1) is 6.58. The van der Waals surface area contributed by atoms with Crippen LogP contribution in [-0.2, 0) is 4.79 Å². The van der Waals surface area contributed by atoms with Gasteiger partial charge in [-0.2, -0.15) is 0 Å². The van der Waals surface area contributed by atoms with Crippen molar-refractivity contribution in [3.8, 4) is 0 Å². The molecule has 0 radical (unpaired) electrons. The monoisotopic (exact) mass is 275 g/mol. The predicted octanol–water partition coefficient (Wildman–Crippen LogP) is 2.80. The van der Waals surface area contributed by atoms with Gasteiger partial charge in [0.05, 0.1) is 11.4 Å². The van der Waals surface area contributed by atoms with Gasteiger partial charge in [-0.3, -0.25) is 4.79 Å². The maximum Gasteiger partial charge on any atom is 0.304 e. The van der Waals surface area contributed by atoms with E-state index in [-0.39, 0.29) is 11.7 Å². The second-order valence-corrected chi connectivity index (χ2v) is 5.22. The highest BCUT2D eigenvalue weighted by Gasteiger charge is 2.09. The molecule has 1 rings (SSSR count). The molecule has 0 bridgehead atoms. The molecule has 0 fully saturated rings. The Hall–Kier alpha value is -0.550. The number of halogens is 1. The number of carbonyl (C=O) groups is 1. The van der Waals surface area contributed by atoms with E-state index >= 15 is 0 Å². The molecule has 0 aromatic carbocycles. The molecule has 0 aliphatic heterocycles. The van der Waals surface area contributed by atoms with Crippen molar-refractivity contribution in [1.82, 2.24) is 4.98 Å². The summed E-state index contributed by atoms with van der Waals surface area (Å²) >= 11 is 4.75. The number of aromatic nitrogens is 1. The molecule has 1 heterocycles. The fourth-order valence-corrected chi connectivity index (χ4v) is 2.06. The standard InChI is InChI=1S/C9H10BrNO2S/c1-6(4-9(12)13)14-8-3-2-7(10)5-11-8/h2-3,5-6H,4H2,1H3,(H,12,13). The highest BCUT2D eigenvalue weighted by molar-refractivity contribution is 9.10. The van der Waals surface area contributed by atoms with Crippen LogP contribution in [0.1, 0.15) is 13.3 Å². The summed E-state index contributed by atoms with van der Waals surface area (Å²) < 4.78 is 0.924. The first-order valence-corrected chi connectivity index (χ1v) is 5.75. The molecular weight excluding hydrogens is 266 g/mol. The summed E-state index contributed by atoms with van der Waals surface area (Å²) in [6, 6.07) is 3.76. The van der Waals surface area contributed by atoms with Crippen LogP contribution in [0.4, 0.5) is 0 Å². The Morgan fingerprint density at radius 3 is 2.93 bits per heavy atom. The maximum atomic E-state index is 10.4. The lowest BCUT2D eigenvalue weighted by atomic mass is 10.3. The average molecular weight is 276 g/mol. The molecule has 1 atom stereocenters. The Labute approximate surface area is 95.1 Å². The van der Waals surface area contributed by atoms with E-state index in [4.69, 9.17) is 5.11 Å². The summed E-state index contributed by atoms with van der Waals surface area (Å²) in [5.74, 6) is -0.776. The molecule has 14 heavy (non-hydrogen) atoms. The van der Waals surface area contributed by atoms with Crippen LogP contribution in [0.15, 0.2) is 27.8 Å². The summed E-state index contributed by atoms with van der Waals surface area (Å²) in [5.41, 5.74) is 0. The van der Waals surface area contributed by atoms with E-state index in [1.165, 1.54) is 11.8 Å². The van der Waals surface area contributed by atoms with E-state index in [2.05, 4.69) is 20.9 Å². The first-order valence-electron chi connectivity index (χ1n) is 4.08. The molecule has 0 amide bonds. The van der Waals surface area contributed by atoms with Crippen LogP contribution in [0.2, 0.25) is 0 Å².